The summed E-state index contributed by atoms with van der Waals surface area (Å²) in [5.41, 5.74) is 5.76. The molecular weight excluding hydrogens is 304 g/mol. The van der Waals surface area contributed by atoms with Gasteiger partial charge in [0.2, 0.25) is 5.95 Å². The Morgan fingerprint density at radius 1 is 1.47 bits per heavy atom. The summed E-state index contributed by atoms with van der Waals surface area (Å²) in [6, 6.07) is 4.05. The smallest absolute Gasteiger partial charge is 0.222 e. The minimum atomic E-state index is 0.246. The van der Waals surface area contributed by atoms with Crippen LogP contribution in [-0.4, -0.2) is 14.8 Å². The third-order valence-corrected chi connectivity index (χ3v) is 3.57. The highest BCUT2D eigenvalue weighted by atomic mass is 79.9. The number of aromatic nitrogens is 3. The zero-order valence-electron chi connectivity index (χ0n) is 9.55. The summed E-state index contributed by atoms with van der Waals surface area (Å²) < 4.78 is 8.06. The number of thioether (sulfide) groups is 1. The van der Waals surface area contributed by atoms with Crippen LogP contribution < -0.4 is 5.73 Å². The third-order valence-electron chi connectivity index (χ3n) is 2.18. The normalized spacial score (nSPS) is 11.3. The molecule has 0 radical (unpaired) electrons. The molecule has 0 aromatic carbocycles. The minimum absolute atomic E-state index is 0.246. The van der Waals surface area contributed by atoms with Gasteiger partial charge in [-0.25, -0.2) is 0 Å². The van der Waals surface area contributed by atoms with Crippen LogP contribution in [0.25, 0.3) is 0 Å². The number of furan rings is 1. The maximum atomic E-state index is 5.76. The van der Waals surface area contributed by atoms with E-state index in [2.05, 4.69) is 26.1 Å². The Morgan fingerprint density at radius 3 is 2.82 bits per heavy atom. The van der Waals surface area contributed by atoms with Crippen molar-refractivity contribution in [3.8, 4) is 0 Å². The standard InChI is InChI=1S/C10H13BrN4OS/c1-6(2)15-9(12)13-14-10(15)17-5-7-3-4-8(11)16-7/h3-4,6H,5H2,1-2H3,(H2,12,13). The molecular formula is C10H13BrN4OS. The monoisotopic (exact) mass is 316 g/mol. The van der Waals surface area contributed by atoms with Crippen LogP contribution in [0.1, 0.15) is 25.6 Å². The first-order chi connectivity index (χ1) is 8.08. The Kier molecular flexibility index (Phi) is 3.78. The van der Waals surface area contributed by atoms with Crippen LogP contribution in [0.4, 0.5) is 5.95 Å². The highest BCUT2D eigenvalue weighted by Gasteiger charge is 2.13. The molecule has 0 amide bonds. The molecule has 7 heteroatoms. The van der Waals surface area contributed by atoms with Crippen molar-refractivity contribution in [2.75, 3.05) is 5.73 Å². The Hall–Kier alpha value is -0.950. The molecule has 0 saturated heterocycles. The lowest BCUT2D eigenvalue weighted by molar-refractivity contribution is 0.505. The summed E-state index contributed by atoms with van der Waals surface area (Å²) in [6.07, 6.45) is 0. The van der Waals surface area contributed by atoms with Crippen LogP contribution in [0.2, 0.25) is 0 Å². The number of nitrogen functional groups attached to an aromatic ring is 1. The van der Waals surface area contributed by atoms with Gasteiger partial charge in [-0.3, -0.25) is 4.57 Å². The van der Waals surface area contributed by atoms with Crippen molar-refractivity contribution in [1.29, 1.82) is 0 Å². The van der Waals surface area contributed by atoms with Crippen molar-refractivity contribution in [3.05, 3.63) is 22.6 Å². The predicted molar refractivity (Wildman–Crippen MR) is 70.8 cm³/mol. The van der Waals surface area contributed by atoms with Gasteiger partial charge < -0.3 is 10.2 Å². The van der Waals surface area contributed by atoms with Gasteiger partial charge in [-0.1, -0.05) is 11.8 Å². The van der Waals surface area contributed by atoms with Gasteiger partial charge >= 0.3 is 0 Å². The summed E-state index contributed by atoms with van der Waals surface area (Å²) in [6.45, 7) is 4.10. The lowest BCUT2D eigenvalue weighted by atomic mass is 10.4. The lowest BCUT2D eigenvalue weighted by Crippen LogP contribution is -2.06. The van der Waals surface area contributed by atoms with E-state index < -0.39 is 0 Å². The van der Waals surface area contributed by atoms with Crippen LogP contribution in [0, 0.1) is 0 Å². The van der Waals surface area contributed by atoms with Crippen LogP contribution in [-0.2, 0) is 5.75 Å². The van der Waals surface area contributed by atoms with Crippen LogP contribution >= 0.6 is 27.7 Å². The molecule has 0 atom stereocenters. The third kappa shape index (κ3) is 2.84. The van der Waals surface area contributed by atoms with Crippen LogP contribution in [0.15, 0.2) is 26.4 Å². The molecule has 0 aliphatic heterocycles. The average Bonchev–Trinajstić information content (AvgIpc) is 2.82. The number of anilines is 1. The second-order valence-electron chi connectivity index (χ2n) is 3.80. The highest BCUT2D eigenvalue weighted by Crippen LogP contribution is 2.27. The van der Waals surface area contributed by atoms with Crippen LogP contribution in [0.5, 0.6) is 0 Å². The first kappa shape index (κ1) is 12.5. The van der Waals surface area contributed by atoms with E-state index in [4.69, 9.17) is 10.2 Å². The maximum absolute atomic E-state index is 5.76. The van der Waals surface area contributed by atoms with Crippen molar-refractivity contribution in [2.45, 2.75) is 30.8 Å². The number of hydrogen-bond donors (Lipinski definition) is 1. The van der Waals surface area contributed by atoms with Gasteiger partial charge in [0.05, 0.1) is 5.75 Å². The number of nitrogens with zero attached hydrogens (tertiary/aromatic N) is 3. The second-order valence-corrected chi connectivity index (χ2v) is 5.52. The summed E-state index contributed by atoms with van der Waals surface area (Å²) in [7, 11) is 0. The molecule has 5 nitrogen and oxygen atoms in total. The zero-order chi connectivity index (χ0) is 12.4. The fourth-order valence-corrected chi connectivity index (χ4v) is 2.75. The summed E-state index contributed by atoms with van der Waals surface area (Å²) in [5.74, 6) is 2.04. The van der Waals surface area contributed by atoms with Gasteiger partial charge in [0.15, 0.2) is 9.83 Å². The zero-order valence-corrected chi connectivity index (χ0v) is 12.0. The van der Waals surface area contributed by atoms with Crippen molar-refractivity contribution in [1.82, 2.24) is 14.8 Å². The molecule has 0 aliphatic rings. The topological polar surface area (TPSA) is 69.9 Å². The van der Waals surface area contributed by atoms with Gasteiger partial charge in [0.25, 0.3) is 0 Å². The van der Waals surface area contributed by atoms with E-state index in [0.29, 0.717) is 11.7 Å². The van der Waals surface area contributed by atoms with E-state index in [9.17, 15) is 0 Å². The number of rotatable bonds is 4. The Morgan fingerprint density at radius 2 is 2.24 bits per heavy atom. The highest BCUT2D eigenvalue weighted by molar-refractivity contribution is 9.10. The average molecular weight is 317 g/mol. The van der Waals surface area contributed by atoms with E-state index in [1.54, 1.807) is 11.8 Å². The number of nitrogens with two attached hydrogens (primary N) is 1. The first-order valence-electron chi connectivity index (χ1n) is 5.15. The molecule has 0 bridgehead atoms. The summed E-state index contributed by atoms with van der Waals surface area (Å²) >= 11 is 4.83. The Balaban J connectivity index is 2.09. The summed E-state index contributed by atoms with van der Waals surface area (Å²) in [5, 5.41) is 8.75. The molecule has 0 aliphatic carbocycles. The maximum Gasteiger partial charge on any atom is 0.222 e. The first-order valence-corrected chi connectivity index (χ1v) is 6.93. The number of halogens is 1. The fraction of sp³-hybridized carbons (Fsp3) is 0.400. The predicted octanol–water partition coefficient (Wildman–Crippen LogP) is 3.09. The van der Waals surface area contributed by atoms with Crippen molar-refractivity contribution < 1.29 is 4.42 Å². The molecule has 2 aromatic rings. The van der Waals surface area contributed by atoms with Gasteiger partial charge in [0, 0.05) is 6.04 Å². The SMILES string of the molecule is CC(C)n1c(N)nnc1SCc1ccc(Br)o1. The van der Waals surface area contributed by atoms with Gasteiger partial charge in [0.1, 0.15) is 5.76 Å². The molecule has 0 fully saturated rings. The molecule has 2 aromatic heterocycles. The van der Waals surface area contributed by atoms with Crippen molar-refractivity contribution in [3.63, 3.8) is 0 Å². The van der Waals surface area contributed by atoms with Gasteiger partial charge in [-0.15, -0.1) is 10.2 Å². The fourth-order valence-electron chi connectivity index (χ4n) is 1.44. The van der Waals surface area contributed by atoms with E-state index in [-0.39, 0.29) is 6.04 Å². The second kappa shape index (κ2) is 5.14. The Bertz CT molecular complexity index is 508. The molecule has 92 valence electrons. The van der Waals surface area contributed by atoms with E-state index in [0.717, 1.165) is 15.6 Å². The quantitative estimate of drug-likeness (QED) is 0.878. The summed E-state index contributed by atoms with van der Waals surface area (Å²) in [4.78, 5) is 0. The van der Waals surface area contributed by atoms with E-state index >= 15 is 0 Å². The van der Waals surface area contributed by atoms with Crippen molar-refractivity contribution >= 4 is 33.6 Å². The number of hydrogen-bond acceptors (Lipinski definition) is 5. The molecule has 0 unspecified atom stereocenters. The van der Waals surface area contributed by atoms with Gasteiger partial charge in [-0.05, 0) is 41.9 Å². The van der Waals surface area contributed by atoms with Crippen molar-refractivity contribution in [2.24, 2.45) is 0 Å². The molecule has 17 heavy (non-hydrogen) atoms. The molecule has 2 N–H and O–H groups in total. The Labute approximate surface area is 112 Å². The molecule has 0 saturated carbocycles. The van der Waals surface area contributed by atoms with Crippen LogP contribution in [0.3, 0.4) is 0 Å². The molecule has 0 spiro atoms. The molecule has 2 rings (SSSR count). The van der Waals surface area contributed by atoms with E-state index in [1.807, 2.05) is 30.5 Å². The lowest BCUT2D eigenvalue weighted by Gasteiger charge is -2.10. The van der Waals surface area contributed by atoms with E-state index in [1.165, 1.54) is 0 Å². The van der Waals surface area contributed by atoms with Gasteiger partial charge in [-0.2, -0.15) is 0 Å². The largest absolute Gasteiger partial charge is 0.453 e. The molecule has 2 heterocycles. The minimum Gasteiger partial charge on any atom is -0.453 e.